The lowest BCUT2D eigenvalue weighted by Crippen LogP contribution is -2.27. The van der Waals surface area contributed by atoms with Gasteiger partial charge in [0.2, 0.25) is 0 Å². The largest absolute Gasteiger partial charge is 0.506 e. The van der Waals surface area contributed by atoms with E-state index < -0.39 is 0 Å². The number of carbonyl (C=O) groups excluding carboxylic acids is 3. The molecule has 0 spiro atoms. The Balaban J connectivity index is 1.27. The number of Topliss-reactive ketones (excluding diaryl/α,β-unsaturated/α-hetero) is 2. The van der Waals surface area contributed by atoms with Crippen LogP contribution in [0.25, 0.3) is 10.4 Å². The highest BCUT2D eigenvalue weighted by molar-refractivity contribution is 7.16. The van der Waals surface area contributed by atoms with Gasteiger partial charge in [-0.25, -0.2) is 0 Å². The number of aliphatic hydroxyl groups is 1. The zero-order chi connectivity index (χ0) is 30.8. The number of thiophene rings is 2. The average Bonchev–Trinajstić information content (AvgIpc) is 3.66. The molecule has 0 fully saturated rings. The summed E-state index contributed by atoms with van der Waals surface area (Å²) < 4.78 is 5.12. The molecule has 0 radical (unpaired) electrons. The van der Waals surface area contributed by atoms with Gasteiger partial charge in [-0.2, -0.15) is 0 Å². The lowest BCUT2D eigenvalue weighted by Gasteiger charge is -2.06. The summed E-state index contributed by atoms with van der Waals surface area (Å²) in [7, 11) is 0. The maximum Gasteiger partial charge on any atom is 0.251 e. The zero-order valence-corrected chi connectivity index (χ0v) is 25.7. The average molecular weight is 619 g/mol. The molecule has 0 bridgehead atoms. The fraction of sp³-hybridized carbons (Fsp3) is 0.273. The van der Waals surface area contributed by atoms with Crippen molar-refractivity contribution in [2.75, 3.05) is 32.9 Å². The standard InChI is InChI=1S/C33H34N2O6S2/c1-21-3-8-24(9-4-21)32-31(39)26(20-42-32)22(2)35-19-28(38)30-14-13-29(43-30)27(37)12-7-23-5-10-25(11-6-23)33(40)34-15-17-41-18-16-36/h3-6,8-11,13-14,20,36,39H,7,12,15-19H2,1-2H3,(H,34,40). The monoisotopic (exact) mass is 618 g/mol. The molecule has 3 N–H and O–H groups in total. The number of hydrogen-bond acceptors (Lipinski definition) is 9. The number of ether oxygens (including phenoxy) is 1. The van der Waals surface area contributed by atoms with E-state index in [1.807, 2.05) is 48.7 Å². The number of benzene rings is 2. The van der Waals surface area contributed by atoms with Crippen LogP contribution in [0, 0.1) is 6.92 Å². The maximum absolute atomic E-state index is 12.8. The van der Waals surface area contributed by atoms with E-state index in [2.05, 4.69) is 10.3 Å². The van der Waals surface area contributed by atoms with Gasteiger partial charge < -0.3 is 20.3 Å². The molecule has 8 nitrogen and oxygen atoms in total. The Morgan fingerprint density at radius 3 is 2.33 bits per heavy atom. The van der Waals surface area contributed by atoms with Crippen LogP contribution in [0.15, 0.2) is 71.0 Å². The van der Waals surface area contributed by atoms with Gasteiger partial charge in [0, 0.05) is 35.2 Å². The molecule has 43 heavy (non-hydrogen) atoms. The van der Waals surface area contributed by atoms with Crippen LogP contribution in [0.3, 0.4) is 0 Å². The second-order valence-corrected chi connectivity index (χ2v) is 11.9. The van der Waals surface area contributed by atoms with E-state index in [0.29, 0.717) is 46.2 Å². The topological polar surface area (TPSA) is 125 Å². The molecule has 4 rings (SSSR count). The SMILES string of the molecule is CC(=NCC(=O)c1ccc(C(=O)CCc2ccc(C(=O)NCCOCCO)cc2)s1)c1csc(-c2ccc(C)cc2)c1O. The number of carbonyl (C=O) groups is 3. The van der Waals surface area contributed by atoms with Gasteiger partial charge in [0.25, 0.3) is 5.91 Å². The van der Waals surface area contributed by atoms with Crippen LogP contribution >= 0.6 is 22.7 Å². The minimum absolute atomic E-state index is 0.0553. The summed E-state index contributed by atoms with van der Waals surface area (Å²) in [6.07, 6.45) is 0.787. The molecule has 4 aromatic rings. The summed E-state index contributed by atoms with van der Waals surface area (Å²) in [5.74, 6) is -0.305. The summed E-state index contributed by atoms with van der Waals surface area (Å²) in [6.45, 7) is 4.55. The van der Waals surface area contributed by atoms with E-state index in [9.17, 15) is 19.5 Å². The van der Waals surface area contributed by atoms with Gasteiger partial charge in [-0.15, -0.1) is 22.7 Å². The number of amides is 1. The highest BCUT2D eigenvalue weighted by atomic mass is 32.1. The summed E-state index contributed by atoms with van der Waals surface area (Å²) >= 11 is 2.59. The molecule has 0 unspecified atom stereocenters. The fourth-order valence-electron chi connectivity index (χ4n) is 4.22. The highest BCUT2D eigenvalue weighted by Gasteiger charge is 2.17. The van der Waals surface area contributed by atoms with Crippen molar-refractivity contribution in [3.8, 4) is 16.2 Å². The third-order valence-corrected chi connectivity index (χ3v) is 8.89. The number of nitrogens with one attached hydrogen (secondary N) is 1. The molecule has 0 aliphatic rings. The molecule has 2 aromatic carbocycles. The fourth-order valence-corrected chi connectivity index (χ4v) is 6.13. The molecule has 10 heteroatoms. The van der Waals surface area contributed by atoms with Crippen LogP contribution in [0.4, 0.5) is 0 Å². The molecule has 0 aliphatic carbocycles. The van der Waals surface area contributed by atoms with Crippen molar-refractivity contribution in [3.05, 3.63) is 98.1 Å². The van der Waals surface area contributed by atoms with E-state index in [4.69, 9.17) is 9.84 Å². The molecular weight excluding hydrogens is 585 g/mol. The van der Waals surface area contributed by atoms with Crippen molar-refractivity contribution in [3.63, 3.8) is 0 Å². The first-order chi connectivity index (χ1) is 20.8. The number of aromatic hydroxyl groups is 1. The van der Waals surface area contributed by atoms with Gasteiger partial charge in [0.1, 0.15) is 12.3 Å². The van der Waals surface area contributed by atoms with E-state index >= 15 is 0 Å². The lowest BCUT2D eigenvalue weighted by atomic mass is 10.0. The van der Waals surface area contributed by atoms with Gasteiger partial charge in [-0.05, 0) is 55.7 Å². The molecular formula is C33H34N2O6S2. The summed E-state index contributed by atoms with van der Waals surface area (Å²) in [5, 5.41) is 24.1. The normalized spacial score (nSPS) is 11.5. The highest BCUT2D eigenvalue weighted by Crippen LogP contribution is 2.38. The first kappa shape index (κ1) is 32.0. The van der Waals surface area contributed by atoms with E-state index in [0.717, 1.165) is 32.9 Å². The maximum atomic E-state index is 12.8. The predicted molar refractivity (Wildman–Crippen MR) is 171 cm³/mol. The number of rotatable bonds is 15. The Hall–Kier alpha value is -3.96. The molecule has 0 atom stereocenters. The minimum atomic E-state index is -0.218. The second kappa shape index (κ2) is 15.5. The minimum Gasteiger partial charge on any atom is -0.506 e. The van der Waals surface area contributed by atoms with E-state index in [-0.39, 0.29) is 49.4 Å². The number of aliphatic imine (C=N–C) groups is 1. The Kier molecular flexibility index (Phi) is 11.5. The van der Waals surface area contributed by atoms with Crippen LogP contribution in [0.1, 0.15) is 59.7 Å². The molecule has 2 aromatic heterocycles. The van der Waals surface area contributed by atoms with Crippen molar-refractivity contribution in [2.45, 2.75) is 26.7 Å². The Morgan fingerprint density at radius 2 is 1.63 bits per heavy atom. The Morgan fingerprint density at radius 1 is 0.930 bits per heavy atom. The molecule has 0 saturated heterocycles. The molecule has 0 aliphatic heterocycles. The third kappa shape index (κ3) is 8.77. The quantitative estimate of drug-likeness (QED) is 0.0887. The van der Waals surface area contributed by atoms with Gasteiger partial charge >= 0.3 is 0 Å². The van der Waals surface area contributed by atoms with Crippen molar-refractivity contribution in [1.29, 1.82) is 0 Å². The number of nitrogens with zero attached hydrogens (tertiary/aromatic N) is 1. The van der Waals surface area contributed by atoms with Crippen LogP contribution < -0.4 is 5.32 Å². The predicted octanol–water partition coefficient (Wildman–Crippen LogP) is 5.74. The Labute approximate surface area is 258 Å². The number of hydrogen-bond donors (Lipinski definition) is 3. The van der Waals surface area contributed by atoms with Crippen LogP contribution in [-0.2, 0) is 11.2 Å². The van der Waals surface area contributed by atoms with Gasteiger partial charge in [-0.1, -0.05) is 42.0 Å². The van der Waals surface area contributed by atoms with Crippen molar-refractivity contribution >= 4 is 45.9 Å². The number of ketones is 2. The second-order valence-electron chi connectivity index (χ2n) is 9.89. The first-order valence-corrected chi connectivity index (χ1v) is 15.6. The molecule has 2 heterocycles. The van der Waals surface area contributed by atoms with Crippen molar-refractivity contribution in [2.24, 2.45) is 4.99 Å². The number of aliphatic hydroxyl groups excluding tert-OH is 1. The zero-order valence-electron chi connectivity index (χ0n) is 24.1. The van der Waals surface area contributed by atoms with Gasteiger partial charge in [0.05, 0.1) is 34.5 Å². The van der Waals surface area contributed by atoms with Crippen LogP contribution in [0.5, 0.6) is 5.75 Å². The van der Waals surface area contributed by atoms with Crippen molar-refractivity contribution < 1.29 is 29.3 Å². The smallest absolute Gasteiger partial charge is 0.251 e. The third-order valence-electron chi connectivity index (χ3n) is 6.71. The van der Waals surface area contributed by atoms with E-state index in [1.165, 1.54) is 11.3 Å². The molecule has 224 valence electrons. The summed E-state index contributed by atoms with van der Waals surface area (Å²) in [4.78, 5) is 44.0. The van der Waals surface area contributed by atoms with E-state index in [1.54, 1.807) is 31.2 Å². The first-order valence-electron chi connectivity index (χ1n) is 13.9. The Bertz CT molecular complexity index is 1590. The summed E-state index contributed by atoms with van der Waals surface area (Å²) in [5.41, 5.74) is 4.68. The summed E-state index contributed by atoms with van der Waals surface area (Å²) in [6, 6.07) is 18.3. The van der Waals surface area contributed by atoms with Gasteiger partial charge in [-0.3, -0.25) is 19.4 Å². The lowest BCUT2D eigenvalue weighted by molar-refractivity contribution is 0.0837. The van der Waals surface area contributed by atoms with Crippen LogP contribution in [0.2, 0.25) is 0 Å². The van der Waals surface area contributed by atoms with Gasteiger partial charge in [0.15, 0.2) is 11.6 Å². The van der Waals surface area contributed by atoms with Crippen molar-refractivity contribution in [1.82, 2.24) is 5.32 Å². The van der Waals surface area contributed by atoms with Crippen LogP contribution in [-0.4, -0.2) is 66.3 Å². The molecule has 0 saturated carbocycles. The number of aryl methyl sites for hydroxylation is 2. The molecule has 1 amide bonds.